The molecule has 2 aromatic rings. The fourth-order valence-corrected chi connectivity index (χ4v) is 2.37. The van der Waals surface area contributed by atoms with Crippen LogP contribution in [0.2, 0.25) is 5.15 Å². The van der Waals surface area contributed by atoms with Gasteiger partial charge < -0.3 is 10.1 Å². The number of anilines is 1. The van der Waals surface area contributed by atoms with Crippen LogP contribution in [0, 0.1) is 0 Å². The average molecular weight is 352 g/mol. The molecule has 120 valence electrons. The molecular formula is C15H14ClN3O3S. The molecule has 8 heteroatoms. The maximum atomic E-state index is 12.3. The zero-order valence-electron chi connectivity index (χ0n) is 12.5. The molecule has 1 aromatic heterocycles. The zero-order valence-corrected chi connectivity index (χ0v) is 14.1. The van der Waals surface area contributed by atoms with Crippen LogP contribution in [-0.4, -0.2) is 34.7 Å². The van der Waals surface area contributed by atoms with Crippen LogP contribution in [0.4, 0.5) is 5.69 Å². The van der Waals surface area contributed by atoms with E-state index in [9.17, 15) is 9.59 Å². The SMILES string of the molecule is CCOC(=O)c1ccccc1NC(=O)c1cnc(SC)nc1Cl. The van der Waals surface area contributed by atoms with Crippen molar-refractivity contribution in [1.82, 2.24) is 9.97 Å². The first-order valence-electron chi connectivity index (χ1n) is 6.70. The molecule has 1 heterocycles. The van der Waals surface area contributed by atoms with Crippen molar-refractivity contribution in [2.75, 3.05) is 18.2 Å². The predicted octanol–water partition coefficient (Wildman–Crippen LogP) is 3.28. The van der Waals surface area contributed by atoms with E-state index in [0.29, 0.717) is 10.8 Å². The molecule has 0 unspecified atom stereocenters. The van der Waals surface area contributed by atoms with Crippen molar-refractivity contribution >= 4 is 40.9 Å². The Balaban J connectivity index is 2.26. The lowest BCUT2D eigenvalue weighted by atomic mass is 10.1. The normalized spacial score (nSPS) is 10.2. The molecule has 23 heavy (non-hydrogen) atoms. The number of esters is 1. The summed E-state index contributed by atoms with van der Waals surface area (Å²) in [5.41, 5.74) is 0.726. The van der Waals surface area contributed by atoms with Gasteiger partial charge in [-0.3, -0.25) is 4.79 Å². The topological polar surface area (TPSA) is 81.2 Å². The van der Waals surface area contributed by atoms with E-state index in [1.165, 1.54) is 18.0 Å². The van der Waals surface area contributed by atoms with Gasteiger partial charge in [0.1, 0.15) is 5.15 Å². The van der Waals surface area contributed by atoms with Crippen LogP contribution in [-0.2, 0) is 4.74 Å². The number of carbonyl (C=O) groups is 2. The molecule has 1 N–H and O–H groups in total. The fourth-order valence-electron chi connectivity index (χ4n) is 1.77. The number of ether oxygens (including phenoxy) is 1. The first-order valence-corrected chi connectivity index (χ1v) is 8.31. The van der Waals surface area contributed by atoms with E-state index < -0.39 is 11.9 Å². The van der Waals surface area contributed by atoms with E-state index in [-0.39, 0.29) is 22.9 Å². The van der Waals surface area contributed by atoms with Gasteiger partial charge in [-0.15, -0.1) is 0 Å². The molecule has 1 amide bonds. The number of hydrogen-bond acceptors (Lipinski definition) is 6. The summed E-state index contributed by atoms with van der Waals surface area (Å²) in [5.74, 6) is -1.01. The van der Waals surface area contributed by atoms with Crippen LogP contribution in [0.5, 0.6) is 0 Å². The van der Waals surface area contributed by atoms with Crippen LogP contribution in [0.3, 0.4) is 0 Å². The number of hydrogen-bond donors (Lipinski definition) is 1. The van der Waals surface area contributed by atoms with Crippen molar-refractivity contribution in [1.29, 1.82) is 0 Å². The number of para-hydroxylation sites is 1. The molecule has 0 radical (unpaired) electrons. The molecule has 0 aliphatic rings. The van der Waals surface area contributed by atoms with E-state index in [4.69, 9.17) is 16.3 Å². The van der Waals surface area contributed by atoms with Gasteiger partial charge in [0.2, 0.25) is 0 Å². The summed E-state index contributed by atoms with van der Waals surface area (Å²) in [6.07, 6.45) is 3.16. The van der Waals surface area contributed by atoms with Crippen LogP contribution in [0.25, 0.3) is 0 Å². The van der Waals surface area contributed by atoms with Gasteiger partial charge >= 0.3 is 5.97 Å². The second-order valence-electron chi connectivity index (χ2n) is 4.28. The summed E-state index contributed by atoms with van der Waals surface area (Å²) >= 11 is 7.32. The number of nitrogens with one attached hydrogen (secondary N) is 1. The van der Waals surface area contributed by atoms with E-state index in [0.717, 1.165) is 0 Å². The van der Waals surface area contributed by atoms with Gasteiger partial charge in [0.15, 0.2) is 5.16 Å². The van der Waals surface area contributed by atoms with Crippen LogP contribution in [0.1, 0.15) is 27.6 Å². The third kappa shape index (κ3) is 4.20. The summed E-state index contributed by atoms with van der Waals surface area (Å²) in [4.78, 5) is 32.3. The number of halogens is 1. The molecule has 0 aliphatic heterocycles. The van der Waals surface area contributed by atoms with Gasteiger partial charge in [-0.05, 0) is 25.3 Å². The molecule has 0 saturated carbocycles. The van der Waals surface area contributed by atoms with Crippen molar-refractivity contribution in [2.45, 2.75) is 12.1 Å². The maximum absolute atomic E-state index is 12.3. The molecule has 0 spiro atoms. The lowest BCUT2D eigenvalue weighted by molar-refractivity contribution is 0.0527. The Morgan fingerprint density at radius 2 is 2.04 bits per heavy atom. The van der Waals surface area contributed by atoms with E-state index >= 15 is 0 Å². The van der Waals surface area contributed by atoms with Gasteiger partial charge in [-0.25, -0.2) is 14.8 Å². The Hall–Kier alpha value is -2.12. The van der Waals surface area contributed by atoms with Crippen LogP contribution in [0.15, 0.2) is 35.6 Å². The first kappa shape index (κ1) is 17.2. The summed E-state index contributed by atoms with van der Waals surface area (Å²) in [6, 6.07) is 6.57. The lowest BCUT2D eigenvalue weighted by Gasteiger charge is -2.10. The van der Waals surface area contributed by atoms with Gasteiger partial charge in [0.05, 0.1) is 23.4 Å². The summed E-state index contributed by atoms with van der Waals surface area (Å²) < 4.78 is 4.97. The Morgan fingerprint density at radius 3 is 2.70 bits per heavy atom. The molecular weight excluding hydrogens is 338 g/mol. The highest BCUT2D eigenvalue weighted by atomic mass is 35.5. The van der Waals surface area contributed by atoms with E-state index in [1.54, 1.807) is 37.4 Å². The zero-order chi connectivity index (χ0) is 16.8. The van der Waals surface area contributed by atoms with Gasteiger partial charge in [0.25, 0.3) is 5.91 Å². The van der Waals surface area contributed by atoms with E-state index in [1.807, 2.05) is 0 Å². The number of rotatable bonds is 5. The Morgan fingerprint density at radius 1 is 1.30 bits per heavy atom. The Bertz CT molecular complexity index is 740. The van der Waals surface area contributed by atoms with Crippen LogP contribution < -0.4 is 5.32 Å². The molecule has 0 fully saturated rings. The van der Waals surface area contributed by atoms with E-state index in [2.05, 4.69) is 15.3 Å². The van der Waals surface area contributed by atoms with Gasteiger partial charge in [-0.2, -0.15) is 0 Å². The smallest absolute Gasteiger partial charge is 0.340 e. The minimum atomic E-state index is -0.511. The quantitative estimate of drug-likeness (QED) is 0.385. The largest absolute Gasteiger partial charge is 0.462 e. The molecule has 2 rings (SSSR count). The number of aromatic nitrogens is 2. The second kappa shape index (κ2) is 7.94. The minimum absolute atomic E-state index is 0.0514. The summed E-state index contributed by atoms with van der Waals surface area (Å²) in [5, 5.41) is 3.16. The fraction of sp³-hybridized carbons (Fsp3) is 0.200. The summed E-state index contributed by atoms with van der Waals surface area (Å²) in [6.45, 7) is 1.96. The summed E-state index contributed by atoms with van der Waals surface area (Å²) in [7, 11) is 0. The first-order chi connectivity index (χ1) is 11.1. The third-order valence-electron chi connectivity index (χ3n) is 2.82. The van der Waals surface area contributed by atoms with Crippen molar-refractivity contribution in [3.8, 4) is 0 Å². The van der Waals surface area contributed by atoms with Crippen molar-refractivity contribution in [3.05, 3.63) is 46.7 Å². The number of benzene rings is 1. The molecule has 6 nitrogen and oxygen atoms in total. The molecule has 0 aliphatic carbocycles. The average Bonchev–Trinajstić information content (AvgIpc) is 2.55. The number of thioether (sulfide) groups is 1. The highest BCUT2D eigenvalue weighted by Gasteiger charge is 2.17. The Kier molecular flexibility index (Phi) is 5.95. The van der Waals surface area contributed by atoms with Crippen molar-refractivity contribution < 1.29 is 14.3 Å². The predicted molar refractivity (Wildman–Crippen MR) is 89.2 cm³/mol. The molecule has 1 aromatic carbocycles. The van der Waals surface area contributed by atoms with Gasteiger partial charge in [-0.1, -0.05) is 35.5 Å². The highest BCUT2D eigenvalue weighted by Crippen LogP contribution is 2.20. The number of nitrogens with zero attached hydrogens (tertiary/aromatic N) is 2. The third-order valence-corrected chi connectivity index (χ3v) is 3.67. The lowest BCUT2D eigenvalue weighted by Crippen LogP contribution is -2.17. The molecule has 0 bridgehead atoms. The minimum Gasteiger partial charge on any atom is -0.462 e. The Labute approximate surface area is 142 Å². The highest BCUT2D eigenvalue weighted by molar-refractivity contribution is 7.98. The second-order valence-corrected chi connectivity index (χ2v) is 5.41. The number of carbonyl (C=O) groups excluding carboxylic acids is 2. The standard InChI is InChI=1S/C15H14ClN3O3S/c1-3-22-14(21)9-6-4-5-7-11(9)18-13(20)10-8-17-15(23-2)19-12(10)16/h4-8H,3H2,1-2H3,(H,18,20). The number of amides is 1. The van der Waals surface area contributed by atoms with Gasteiger partial charge in [0, 0.05) is 6.20 Å². The van der Waals surface area contributed by atoms with Crippen molar-refractivity contribution in [3.63, 3.8) is 0 Å². The maximum Gasteiger partial charge on any atom is 0.340 e. The molecule has 0 atom stereocenters. The monoisotopic (exact) mass is 351 g/mol. The van der Waals surface area contributed by atoms with Crippen molar-refractivity contribution in [2.24, 2.45) is 0 Å². The van der Waals surface area contributed by atoms with Crippen LogP contribution >= 0.6 is 23.4 Å². The molecule has 0 saturated heterocycles.